The first-order chi connectivity index (χ1) is 10.2. The molecule has 2 aliphatic rings. The molecule has 0 aliphatic carbocycles. The smallest absolute Gasteiger partial charge is 0.0793 e. The van der Waals surface area contributed by atoms with Crippen LogP contribution in [-0.4, -0.2) is 53.7 Å². The van der Waals surface area contributed by atoms with E-state index in [1.807, 2.05) is 0 Å². The Balaban J connectivity index is 1.46. The number of aliphatic hydroxyl groups excluding tert-OH is 1. The zero-order valence-electron chi connectivity index (χ0n) is 13.2. The van der Waals surface area contributed by atoms with Crippen LogP contribution in [0.3, 0.4) is 0 Å². The van der Waals surface area contributed by atoms with Crippen molar-refractivity contribution in [1.29, 1.82) is 0 Å². The van der Waals surface area contributed by atoms with E-state index in [0.29, 0.717) is 0 Å². The van der Waals surface area contributed by atoms with Crippen LogP contribution in [0, 0.1) is 5.92 Å². The Bertz CT molecular complexity index is 454. The standard InChI is InChI=1S/C18H28N2O/c1-15-6-9-19(10-7-15)13-18(21)14-20-11-8-16-4-2-3-5-17(16)12-20/h2-5,15,18,21H,6-14H2,1H3. The van der Waals surface area contributed by atoms with Crippen LogP contribution in [0.15, 0.2) is 24.3 Å². The van der Waals surface area contributed by atoms with Gasteiger partial charge in [0.1, 0.15) is 0 Å². The monoisotopic (exact) mass is 288 g/mol. The Kier molecular flexibility index (Phi) is 4.94. The molecule has 1 unspecified atom stereocenters. The number of fused-ring (bicyclic) bond motifs is 1. The number of piperidine rings is 1. The summed E-state index contributed by atoms with van der Waals surface area (Å²) >= 11 is 0. The third-order valence-corrected chi connectivity index (χ3v) is 5.02. The number of hydrogen-bond donors (Lipinski definition) is 1. The molecular weight excluding hydrogens is 260 g/mol. The quantitative estimate of drug-likeness (QED) is 0.919. The molecule has 1 aromatic rings. The zero-order chi connectivity index (χ0) is 14.7. The number of nitrogens with zero attached hydrogens (tertiary/aromatic N) is 2. The second-order valence-electron chi connectivity index (χ2n) is 6.89. The van der Waals surface area contributed by atoms with E-state index in [-0.39, 0.29) is 6.10 Å². The van der Waals surface area contributed by atoms with Crippen molar-refractivity contribution in [3.63, 3.8) is 0 Å². The first-order valence-corrected chi connectivity index (χ1v) is 8.40. The second kappa shape index (κ2) is 6.91. The van der Waals surface area contributed by atoms with Crippen molar-refractivity contribution in [2.24, 2.45) is 5.92 Å². The Morgan fingerprint density at radius 3 is 2.48 bits per heavy atom. The van der Waals surface area contributed by atoms with Gasteiger partial charge in [-0.2, -0.15) is 0 Å². The van der Waals surface area contributed by atoms with Crippen LogP contribution in [0.4, 0.5) is 0 Å². The van der Waals surface area contributed by atoms with Crippen LogP contribution in [-0.2, 0) is 13.0 Å². The van der Waals surface area contributed by atoms with Crippen LogP contribution in [0.1, 0.15) is 30.9 Å². The van der Waals surface area contributed by atoms with Gasteiger partial charge < -0.3 is 10.0 Å². The molecule has 0 amide bonds. The molecule has 1 fully saturated rings. The van der Waals surface area contributed by atoms with E-state index in [0.717, 1.165) is 51.6 Å². The largest absolute Gasteiger partial charge is 0.390 e. The predicted molar refractivity (Wildman–Crippen MR) is 86.3 cm³/mol. The Morgan fingerprint density at radius 1 is 1.05 bits per heavy atom. The molecule has 3 heteroatoms. The maximum Gasteiger partial charge on any atom is 0.0793 e. The number of aliphatic hydroxyl groups is 1. The number of rotatable bonds is 4. The van der Waals surface area contributed by atoms with Gasteiger partial charge in [0, 0.05) is 26.2 Å². The minimum atomic E-state index is -0.219. The lowest BCUT2D eigenvalue weighted by Gasteiger charge is -2.34. The number of β-amino-alcohol motifs (C(OH)–C–C–N with tert-alkyl or cyclic N) is 1. The lowest BCUT2D eigenvalue weighted by Crippen LogP contribution is -2.44. The van der Waals surface area contributed by atoms with Crippen molar-refractivity contribution in [3.05, 3.63) is 35.4 Å². The van der Waals surface area contributed by atoms with Crippen LogP contribution in [0.2, 0.25) is 0 Å². The van der Waals surface area contributed by atoms with Crippen molar-refractivity contribution in [2.45, 2.75) is 38.8 Å². The first-order valence-electron chi connectivity index (χ1n) is 8.40. The lowest BCUT2D eigenvalue weighted by atomic mass is 9.98. The van der Waals surface area contributed by atoms with Gasteiger partial charge in [-0.1, -0.05) is 31.2 Å². The summed E-state index contributed by atoms with van der Waals surface area (Å²) in [5, 5.41) is 10.4. The molecule has 1 aromatic carbocycles. The van der Waals surface area contributed by atoms with Gasteiger partial charge in [0.05, 0.1) is 6.10 Å². The molecule has 1 N–H and O–H groups in total. The average molecular weight is 288 g/mol. The minimum Gasteiger partial charge on any atom is -0.390 e. The topological polar surface area (TPSA) is 26.7 Å². The van der Waals surface area contributed by atoms with Crippen molar-refractivity contribution in [3.8, 4) is 0 Å². The van der Waals surface area contributed by atoms with E-state index < -0.39 is 0 Å². The summed E-state index contributed by atoms with van der Waals surface area (Å²) in [4.78, 5) is 4.84. The summed E-state index contributed by atoms with van der Waals surface area (Å²) in [6.07, 6.45) is 3.46. The van der Waals surface area contributed by atoms with E-state index in [1.54, 1.807) is 0 Å². The van der Waals surface area contributed by atoms with Crippen LogP contribution >= 0.6 is 0 Å². The summed E-state index contributed by atoms with van der Waals surface area (Å²) in [7, 11) is 0. The SMILES string of the molecule is CC1CCN(CC(O)CN2CCc3ccccc3C2)CC1. The molecule has 1 atom stereocenters. The average Bonchev–Trinajstić information content (AvgIpc) is 2.49. The highest BCUT2D eigenvalue weighted by Crippen LogP contribution is 2.19. The molecule has 0 aromatic heterocycles. The normalized spacial score (nSPS) is 23.0. The number of benzene rings is 1. The molecule has 2 aliphatic heterocycles. The number of likely N-dealkylation sites (tertiary alicyclic amines) is 1. The zero-order valence-corrected chi connectivity index (χ0v) is 13.2. The first kappa shape index (κ1) is 15.0. The molecule has 3 nitrogen and oxygen atoms in total. The van der Waals surface area contributed by atoms with Crippen molar-refractivity contribution >= 4 is 0 Å². The van der Waals surface area contributed by atoms with Gasteiger partial charge in [-0.15, -0.1) is 0 Å². The van der Waals surface area contributed by atoms with Crippen LogP contribution < -0.4 is 0 Å². The number of hydrogen-bond acceptors (Lipinski definition) is 3. The highest BCUT2D eigenvalue weighted by Gasteiger charge is 2.21. The fourth-order valence-electron chi connectivity index (χ4n) is 3.61. The highest BCUT2D eigenvalue weighted by molar-refractivity contribution is 5.29. The molecule has 0 saturated carbocycles. The third-order valence-electron chi connectivity index (χ3n) is 5.02. The Hall–Kier alpha value is -0.900. The second-order valence-corrected chi connectivity index (χ2v) is 6.89. The van der Waals surface area contributed by atoms with Gasteiger partial charge in [-0.3, -0.25) is 4.90 Å². The molecule has 0 spiro atoms. The molecule has 3 rings (SSSR count). The van der Waals surface area contributed by atoms with Gasteiger partial charge in [0.15, 0.2) is 0 Å². The summed E-state index contributed by atoms with van der Waals surface area (Å²) in [5.74, 6) is 0.858. The van der Waals surface area contributed by atoms with E-state index >= 15 is 0 Å². The maximum atomic E-state index is 10.4. The molecule has 21 heavy (non-hydrogen) atoms. The summed E-state index contributed by atoms with van der Waals surface area (Å²) < 4.78 is 0. The Morgan fingerprint density at radius 2 is 1.71 bits per heavy atom. The van der Waals surface area contributed by atoms with Gasteiger partial charge >= 0.3 is 0 Å². The van der Waals surface area contributed by atoms with Crippen molar-refractivity contribution in [2.75, 3.05) is 32.7 Å². The van der Waals surface area contributed by atoms with Crippen molar-refractivity contribution < 1.29 is 5.11 Å². The summed E-state index contributed by atoms with van der Waals surface area (Å²) in [6.45, 7) is 8.35. The van der Waals surface area contributed by atoms with Gasteiger partial charge in [0.25, 0.3) is 0 Å². The van der Waals surface area contributed by atoms with Crippen molar-refractivity contribution in [1.82, 2.24) is 9.80 Å². The summed E-state index contributed by atoms with van der Waals surface area (Å²) in [6, 6.07) is 8.70. The molecule has 0 bridgehead atoms. The van der Waals surface area contributed by atoms with Gasteiger partial charge in [-0.25, -0.2) is 0 Å². The van der Waals surface area contributed by atoms with Crippen LogP contribution in [0.5, 0.6) is 0 Å². The lowest BCUT2D eigenvalue weighted by molar-refractivity contribution is 0.0576. The summed E-state index contributed by atoms with van der Waals surface area (Å²) in [5.41, 5.74) is 2.91. The molecule has 1 saturated heterocycles. The van der Waals surface area contributed by atoms with Gasteiger partial charge in [-0.05, 0) is 49.4 Å². The highest BCUT2D eigenvalue weighted by atomic mass is 16.3. The van der Waals surface area contributed by atoms with E-state index in [2.05, 4.69) is 41.0 Å². The fraction of sp³-hybridized carbons (Fsp3) is 0.667. The predicted octanol–water partition coefficient (Wildman–Crippen LogP) is 2.14. The van der Waals surface area contributed by atoms with E-state index in [9.17, 15) is 5.11 Å². The molecule has 0 radical (unpaired) electrons. The minimum absolute atomic E-state index is 0.219. The third kappa shape index (κ3) is 4.06. The molecular formula is C18H28N2O. The van der Waals surface area contributed by atoms with E-state index in [4.69, 9.17) is 0 Å². The maximum absolute atomic E-state index is 10.4. The van der Waals surface area contributed by atoms with Gasteiger partial charge in [0.2, 0.25) is 0 Å². The van der Waals surface area contributed by atoms with Crippen LogP contribution in [0.25, 0.3) is 0 Å². The molecule has 2 heterocycles. The Labute approximate surface area is 128 Å². The molecule has 116 valence electrons. The van der Waals surface area contributed by atoms with E-state index in [1.165, 1.54) is 24.0 Å². The fourth-order valence-corrected chi connectivity index (χ4v) is 3.61.